The number of carbonyl (C=O) groups is 4. The second kappa shape index (κ2) is 12.0. The molecule has 0 bridgehead atoms. The Morgan fingerprint density at radius 1 is 0.881 bits per heavy atom. The molecule has 0 aliphatic carbocycles. The van der Waals surface area contributed by atoms with E-state index in [1.807, 2.05) is 0 Å². The van der Waals surface area contributed by atoms with Crippen molar-refractivity contribution in [3.05, 3.63) is 125 Å². The Labute approximate surface area is 240 Å². The van der Waals surface area contributed by atoms with Gasteiger partial charge in [-0.1, -0.05) is 42.5 Å². The lowest BCUT2D eigenvalue weighted by Crippen LogP contribution is -2.46. The van der Waals surface area contributed by atoms with Crippen LogP contribution in [0.2, 0.25) is 0 Å². The Morgan fingerprint density at radius 3 is 2.24 bits per heavy atom. The number of rotatable bonds is 9. The normalized spacial score (nSPS) is 13.0. The SMILES string of the molecule is COc1ccc(NC(=O)[C@@H](c2ccc(F)cc2)N(Cc2ccccc2F)C(=O)CN2C(=O)C(=O)c3ccccc32)cc1. The number of methoxy groups -OCH3 is 1. The summed E-state index contributed by atoms with van der Waals surface area (Å²) in [6.45, 7) is -0.954. The predicted octanol–water partition coefficient (Wildman–Crippen LogP) is 4.91. The summed E-state index contributed by atoms with van der Waals surface area (Å²) >= 11 is 0. The standard InChI is InChI=1S/C32H25F2N3O5/c1-42-24-16-14-23(15-17-24)35-31(40)29(20-10-12-22(33)13-11-20)37(18-21-6-2-4-8-26(21)34)28(38)19-36-27-9-5-3-7-25(27)30(39)32(36)41/h2-17,29H,18-19H2,1H3,(H,35,40)/t29-/m1/s1. The van der Waals surface area contributed by atoms with Crippen LogP contribution in [0.3, 0.4) is 0 Å². The van der Waals surface area contributed by atoms with Crippen LogP contribution in [0, 0.1) is 11.6 Å². The highest BCUT2D eigenvalue weighted by Gasteiger charge is 2.39. The van der Waals surface area contributed by atoms with Gasteiger partial charge in [-0.25, -0.2) is 8.78 Å². The lowest BCUT2D eigenvalue weighted by atomic mass is 10.0. The highest BCUT2D eigenvalue weighted by atomic mass is 19.1. The summed E-state index contributed by atoms with van der Waals surface area (Å²) in [6, 6.07) is 22.2. The van der Waals surface area contributed by atoms with Crippen LogP contribution in [-0.4, -0.2) is 42.1 Å². The van der Waals surface area contributed by atoms with Gasteiger partial charge in [0.05, 0.1) is 18.4 Å². The second-order valence-electron chi connectivity index (χ2n) is 9.52. The van der Waals surface area contributed by atoms with Crippen molar-refractivity contribution in [1.82, 2.24) is 4.90 Å². The van der Waals surface area contributed by atoms with Crippen LogP contribution in [0.5, 0.6) is 5.75 Å². The number of hydrogen-bond acceptors (Lipinski definition) is 5. The van der Waals surface area contributed by atoms with Crippen LogP contribution in [0.1, 0.15) is 27.5 Å². The minimum atomic E-state index is -1.37. The number of halogens is 2. The number of para-hydroxylation sites is 1. The van der Waals surface area contributed by atoms with Crippen molar-refractivity contribution in [2.45, 2.75) is 12.6 Å². The summed E-state index contributed by atoms with van der Waals surface area (Å²) in [6.07, 6.45) is 0. The molecule has 1 heterocycles. The van der Waals surface area contributed by atoms with Gasteiger partial charge in [-0.15, -0.1) is 0 Å². The third kappa shape index (κ3) is 5.73. The maximum Gasteiger partial charge on any atom is 0.299 e. The topological polar surface area (TPSA) is 96.0 Å². The van der Waals surface area contributed by atoms with Gasteiger partial charge in [0.1, 0.15) is 30.0 Å². The van der Waals surface area contributed by atoms with Crippen molar-refractivity contribution < 1.29 is 32.7 Å². The minimum absolute atomic E-state index is 0.111. The van der Waals surface area contributed by atoms with E-state index in [0.717, 1.165) is 21.9 Å². The minimum Gasteiger partial charge on any atom is -0.497 e. The average Bonchev–Trinajstić information content (AvgIpc) is 3.24. The maximum absolute atomic E-state index is 14.9. The molecule has 8 nitrogen and oxygen atoms in total. The van der Waals surface area contributed by atoms with E-state index in [1.165, 1.54) is 43.5 Å². The van der Waals surface area contributed by atoms with Gasteiger partial charge in [-0.05, 0) is 60.2 Å². The first-order valence-corrected chi connectivity index (χ1v) is 13.0. The van der Waals surface area contributed by atoms with Crippen LogP contribution in [0.25, 0.3) is 0 Å². The first kappa shape index (κ1) is 28.2. The van der Waals surface area contributed by atoms with Crippen molar-refractivity contribution in [2.24, 2.45) is 0 Å². The van der Waals surface area contributed by atoms with Gasteiger partial charge in [-0.3, -0.25) is 24.1 Å². The fourth-order valence-electron chi connectivity index (χ4n) is 4.77. The summed E-state index contributed by atoms with van der Waals surface area (Å²) < 4.78 is 33.9. The number of ether oxygens (including phenoxy) is 1. The molecule has 4 aromatic rings. The molecular formula is C32H25F2N3O5. The summed E-state index contributed by atoms with van der Waals surface area (Å²) in [4.78, 5) is 55.5. The van der Waals surface area contributed by atoms with Crippen molar-refractivity contribution in [2.75, 3.05) is 23.9 Å². The molecule has 4 aromatic carbocycles. The number of anilines is 2. The van der Waals surface area contributed by atoms with Gasteiger partial charge < -0.3 is 15.0 Å². The van der Waals surface area contributed by atoms with E-state index in [-0.39, 0.29) is 28.9 Å². The Morgan fingerprint density at radius 2 is 1.55 bits per heavy atom. The number of nitrogens with one attached hydrogen (secondary N) is 1. The zero-order chi connectivity index (χ0) is 29.8. The Balaban J connectivity index is 1.55. The Bertz CT molecular complexity index is 1660. The molecule has 1 aliphatic heterocycles. The van der Waals surface area contributed by atoms with E-state index in [0.29, 0.717) is 11.4 Å². The number of benzene rings is 4. The number of carbonyl (C=O) groups excluding carboxylic acids is 4. The maximum atomic E-state index is 14.9. The highest BCUT2D eigenvalue weighted by Crippen LogP contribution is 2.31. The predicted molar refractivity (Wildman–Crippen MR) is 151 cm³/mol. The molecule has 0 spiro atoms. The lowest BCUT2D eigenvalue weighted by Gasteiger charge is -2.33. The molecule has 1 N–H and O–H groups in total. The van der Waals surface area contributed by atoms with Gasteiger partial charge in [0, 0.05) is 17.8 Å². The smallest absolute Gasteiger partial charge is 0.299 e. The Hall–Kier alpha value is -5.38. The molecule has 0 unspecified atom stereocenters. The molecule has 212 valence electrons. The molecule has 10 heteroatoms. The zero-order valence-electron chi connectivity index (χ0n) is 22.4. The second-order valence-corrected chi connectivity index (χ2v) is 9.52. The molecule has 3 amide bonds. The largest absolute Gasteiger partial charge is 0.497 e. The van der Waals surface area contributed by atoms with E-state index in [1.54, 1.807) is 48.5 Å². The van der Waals surface area contributed by atoms with Crippen molar-refractivity contribution in [1.29, 1.82) is 0 Å². The van der Waals surface area contributed by atoms with Crippen LogP contribution in [-0.2, 0) is 20.9 Å². The molecule has 0 radical (unpaired) electrons. The fraction of sp³-hybridized carbons (Fsp3) is 0.125. The Kier molecular flexibility index (Phi) is 8.05. The van der Waals surface area contributed by atoms with Gasteiger partial charge in [-0.2, -0.15) is 0 Å². The fourth-order valence-corrected chi connectivity index (χ4v) is 4.77. The van der Waals surface area contributed by atoms with Gasteiger partial charge in [0.2, 0.25) is 5.91 Å². The summed E-state index contributed by atoms with van der Waals surface area (Å²) in [7, 11) is 1.50. The average molecular weight is 570 g/mol. The zero-order valence-corrected chi connectivity index (χ0v) is 22.4. The van der Waals surface area contributed by atoms with E-state index < -0.39 is 47.7 Å². The molecule has 0 aromatic heterocycles. The van der Waals surface area contributed by atoms with Crippen LogP contribution in [0.15, 0.2) is 97.1 Å². The van der Waals surface area contributed by atoms with E-state index in [2.05, 4.69) is 5.32 Å². The number of ketones is 1. The van der Waals surface area contributed by atoms with Crippen molar-refractivity contribution >= 4 is 34.9 Å². The van der Waals surface area contributed by atoms with Crippen LogP contribution < -0.4 is 15.0 Å². The molecule has 5 rings (SSSR count). The molecular weight excluding hydrogens is 544 g/mol. The van der Waals surface area contributed by atoms with Crippen molar-refractivity contribution in [3.8, 4) is 5.75 Å². The first-order valence-electron chi connectivity index (χ1n) is 13.0. The summed E-state index contributed by atoms with van der Waals surface area (Å²) in [5, 5.41) is 2.76. The molecule has 0 fully saturated rings. The number of hydrogen-bond donors (Lipinski definition) is 1. The van der Waals surface area contributed by atoms with Gasteiger partial charge >= 0.3 is 0 Å². The third-order valence-corrected chi connectivity index (χ3v) is 6.89. The number of fused-ring (bicyclic) bond motifs is 1. The molecule has 0 saturated heterocycles. The number of nitrogens with zero attached hydrogens (tertiary/aromatic N) is 2. The van der Waals surface area contributed by atoms with Gasteiger partial charge in [0.15, 0.2) is 0 Å². The van der Waals surface area contributed by atoms with Gasteiger partial charge in [0.25, 0.3) is 17.6 Å². The molecule has 1 atom stereocenters. The summed E-state index contributed by atoms with van der Waals surface area (Å²) in [5.74, 6) is -3.66. The first-order chi connectivity index (χ1) is 20.3. The lowest BCUT2D eigenvalue weighted by molar-refractivity contribution is -0.139. The van der Waals surface area contributed by atoms with Crippen LogP contribution >= 0.6 is 0 Å². The number of Topliss-reactive ketones (excluding diaryl/α,β-unsaturated/α-hetero) is 1. The summed E-state index contributed by atoms with van der Waals surface area (Å²) in [5.41, 5.74) is 1.16. The van der Waals surface area contributed by atoms with E-state index in [9.17, 15) is 28.0 Å². The molecule has 0 saturated carbocycles. The molecule has 42 heavy (non-hydrogen) atoms. The quantitative estimate of drug-likeness (QED) is 0.289. The highest BCUT2D eigenvalue weighted by molar-refractivity contribution is 6.52. The van der Waals surface area contributed by atoms with Crippen molar-refractivity contribution in [3.63, 3.8) is 0 Å². The van der Waals surface area contributed by atoms with Crippen LogP contribution in [0.4, 0.5) is 20.2 Å². The third-order valence-electron chi connectivity index (χ3n) is 6.89. The number of amides is 3. The molecule has 1 aliphatic rings. The van der Waals surface area contributed by atoms with E-state index in [4.69, 9.17) is 4.74 Å². The monoisotopic (exact) mass is 569 g/mol. The van der Waals surface area contributed by atoms with E-state index >= 15 is 0 Å².